The number of anilines is 1. The topological polar surface area (TPSA) is 114 Å². The van der Waals surface area contributed by atoms with E-state index >= 15 is 0 Å². The number of amides is 1. The summed E-state index contributed by atoms with van der Waals surface area (Å²) in [6.45, 7) is 11.9. The first-order chi connectivity index (χ1) is 19.6. The zero-order chi connectivity index (χ0) is 30.7. The molecule has 4 heterocycles. The van der Waals surface area contributed by atoms with Crippen molar-refractivity contribution in [2.75, 3.05) is 66.3 Å². The second-order valence-electron chi connectivity index (χ2n) is 13.4. The predicted molar refractivity (Wildman–Crippen MR) is 171 cm³/mol. The van der Waals surface area contributed by atoms with Gasteiger partial charge < -0.3 is 24.6 Å². The maximum atomic E-state index is 12.7. The van der Waals surface area contributed by atoms with Crippen LogP contribution in [0.4, 0.5) is 5.69 Å². The maximum Gasteiger partial charge on any atom is 0.265 e. The molecule has 3 N–H and O–H groups in total. The molecule has 2 saturated heterocycles. The van der Waals surface area contributed by atoms with Gasteiger partial charge in [-0.15, -0.1) is 11.3 Å². The molecule has 14 heteroatoms. The van der Waals surface area contributed by atoms with Crippen molar-refractivity contribution < 1.29 is 24.1 Å². The highest BCUT2D eigenvalue weighted by Crippen LogP contribution is 2.89. The Labute approximate surface area is 254 Å². The van der Waals surface area contributed by atoms with Crippen molar-refractivity contribution in [3.8, 4) is 11.6 Å². The minimum Gasteiger partial charge on any atom is -0.478 e. The number of rotatable bonds is 7. The molecular formula is C28H46N6O5P2S. The number of carbonyl (C=O) groups is 1. The summed E-state index contributed by atoms with van der Waals surface area (Å²) < 4.78 is 20.2. The summed E-state index contributed by atoms with van der Waals surface area (Å²) in [6.07, 6.45) is -0.310. The number of aromatic nitrogens is 1. The van der Waals surface area contributed by atoms with Gasteiger partial charge in [0.25, 0.3) is 5.91 Å². The van der Waals surface area contributed by atoms with Gasteiger partial charge in [0.1, 0.15) is 31.7 Å². The molecule has 3 aliphatic heterocycles. The largest absolute Gasteiger partial charge is 0.478 e. The Morgan fingerprint density at radius 2 is 1.52 bits per heavy atom. The minimum atomic E-state index is -3.08. The SMILES string of the molecule is CN1CC(C)(C)CN(C)[P]1(O)C(c1nc(OCCC2Oc3ccccc3NC2=O)cs1)[P]1(O)N(C)CC(C)(C)CN1C. The van der Waals surface area contributed by atoms with Gasteiger partial charge in [-0.3, -0.25) is 23.5 Å². The summed E-state index contributed by atoms with van der Waals surface area (Å²) >= 11 is 1.41. The molecule has 2 fully saturated rings. The van der Waals surface area contributed by atoms with Crippen LogP contribution in [0.1, 0.15) is 44.5 Å². The molecule has 1 amide bonds. The molecule has 0 spiro atoms. The lowest BCUT2D eigenvalue weighted by Crippen LogP contribution is -2.54. The van der Waals surface area contributed by atoms with Crippen LogP contribution in [0.2, 0.25) is 0 Å². The van der Waals surface area contributed by atoms with E-state index in [1.54, 1.807) is 0 Å². The number of thiazole rings is 1. The van der Waals surface area contributed by atoms with E-state index in [0.29, 0.717) is 54.9 Å². The number of nitrogens with one attached hydrogen (secondary N) is 1. The van der Waals surface area contributed by atoms with Crippen molar-refractivity contribution in [3.05, 3.63) is 34.7 Å². The van der Waals surface area contributed by atoms with E-state index in [4.69, 9.17) is 14.5 Å². The van der Waals surface area contributed by atoms with Crippen molar-refractivity contribution in [2.45, 2.75) is 45.6 Å². The molecule has 1 aromatic carbocycles. The maximum absolute atomic E-state index is 12.7. The standard InChI is InChI=1S/C28H46N6O5P2S/c1-27(2)16-31(5)40(36,32(6)17-27)26(41(37)33(7)18-28(3,4)19-34(41)8)25-30-23(15-42-25)38-14-13-22-24(35)29-20-11-9-10-12-21(20)39-22/h9-12,15,22,26,36-37H,13-14,16-19H2,1-8H3,(H,29,35). The highest BCUT2D eigenvalue weighted by molar-refractivity contribution is 7.83. The number of fused-ring (bicyclic) bond motifs is 1. The van der Waals surface area contributed by atoms with Crippen LogP contribution < -0.4 is 14.8 Å². The van der Waals surface area contributed by atoms with Crippen LogP contribution in [0, 0.1) is 10.8 Å². The normalized spacial score (nSPS) is 26.0. The van der Waals surface area contributed by atoms with Crippen LogP contribution in [-0.4, -0.2) is 106 Å². The Morgan fingerprint density at radius 3 is 2.07 bits per heavy atom. The molecule has 0 bridgehead atoms. The number of carbonyl (C=O) groups excluding carboxylic acids is 1. The highest BCUT2D eigenvalue weighted by atomic mass is 32.1. The van der Waals surface area contributed by atoms with Gasteiger partial charge in [0.05, 0.1) is 17.7 Å². The molecule has 3 aliphatic rings. The van der Waals surface area contributed by atoms with Gasteiger partial charge in [0, 0.05) is 32.6 Å². The Balaban J connectivity index is 1.40. The van der Waals surface area contributed by atoms with Gasteiger partial charge in [-0.1, -0.05) is 39.8 Å². The summed E-state index contributed by atoms with van der Waals surface area (Å²) in [5.74, 6) is 0.858. The molecule has 1 unspecified atom stereocenters. The third kappa shape index (κ3) is 5.83. The summed E-state index contributed by atoms with van der Waals surface area (Å²) in [4.78, 5) is 42.9. The van der Waals surface area contributed by atoms with Crippen LogP contribution in [-0.2, 0) is 4.79 Å². The lowest BCUT2D eigenvalue weighted by Gasteiger charge is -2.64. The van der Waals surface area contributed by atoms with E-state index in [0.717, 1.165) is 0 Å². The first-order valence-electron chi connectivity index (χ1n) is 14.3. The zero-order valence-electron chi connectivity index (χ0n) is 25.9. The van der Waals surface area contributed by atoms with Gasteiger partial charge in [0.15, 0.2) is 6.10 Å². The number of benzene rings is 1. The van der Waals surface area contributed by atoms with Crippen LogP contribution in [0.3, 0.4) is 0 Å². The molecule has 2 radical (unpaired) electrons. The van der Waals surface area contributed by atoms with Crippen LogP contribution in [0.25, 0.3) is 0 Å². The fourth-order valence-corrected chi connectivity index (χ4v) is 18.0. The van der Waals surface area contributed by atoms with E-state index < -0.39 is 27.1 Å². The van der Waals surface area contributed by atoms with Gasteiger partial charge >= 0.3 is 0 Å². The smallest absolute Gasteiger partial charge is 0.265 e. The molecule has 5 rings (SSSR count). The molecule has 1 atom stereocenters. The van der Waals surface area contributed by atoms with Crippen LogP contribution in [0.5, 0.6) is 11.6 Å². The van der Waals surface area contributed by atoms with E-state index in [-0.39, 0.29) is 23.3 Å². The molecule has 42 heavy (non-hydrogen) atoms. The van der Waals surface area contributed by atoms with Crippen LogP contribution in [0.15, 0.2) is 29.6 Å². The monoisotopic (exact) mass is 640 g/mol. The van der Waals surface area contributed by atoms with Crippen molar-refractivity contribution in [1.29, 1.82) is 0 Å². The Morgan fingerprint density at radius 1 is 1.00 bits per heavy atom. The molecule has 1 aromatic heterocycles. The van der Waals surface area contributed by atoms with Crippen molar-refractivity contribution in [1.82, 2.24) is 23.7 Å². The number of nitrogens with zero attached hydrogens (tertiary/aromatic N) is 5. The second kappa shape index (κ2) is 11.5. The number of para-hydroxylation sites is 2. The lowest BCUT2D eigenvalue weighted by atomic mass is 9.93. The van der Waals surface area contributed by atoms with E-state index in [1.165, 1.54) is 11.3 Å². The van der Waals surface area contributed by atoms with E-state index in [2.05, 4.69) is 51.7 Å². The Hall–Kier alpha value is -1.46. The average Bonchev–Trinajstić information content (AvgIpc) is 3.33. The second-order valence-corrected chi connectivity index (χ2v) is 21.0. The van der Waals surface area contributed by atoms with Crippen molar-refractivity contribution >= 4 is 38.5 Å². The van der Waals surface area contributed by atoms with E-state index in [1.807, 2.05) is 57.8 Å². The minimum absolute atomic E-state index is 0.0150. The molecule has 2 aromatic rings. The number of ether oxygens (including phenoxy) is 2. The molecule has 11 nitrogen and oxygen atoms in total. The Kier molecular flexibility index (Phi) is 8.73. The molecule has 0 saturated carbocycles. The van der Waals surface area contributed by atoms with Gasteiger partial charge in [-0.25, -0.2) is 4.98 Å². The molecule has 0 aliphatic carbocycles. The summed E-state index contributed by atoms with van der Waals surface area (Å²) in [5, 5.41) is 4.76. The first-order valence-corrected chi connectivity index (χ1v) is 18.6. The molecular weight excluding hydrogens is 594 g/mol. The third-order valence-corrected chi connectivity index (χ3v) is 17.8. The van der Waals surface area contributed by atoms with Crippen LogP contribution >= 0.6 is 26.9 Å². The lowest BCUT2D eigenvalue weighted by molar-refractivity contribution is -0.124. The Bertz CT molecular complexity index is 1240. The summed E-state index contributed by atoms with van der Waals surface area (Å²) in [6, 6.07) is 7.36. The zero-order valence-corrected chi connectivity index (χ0v) is 28.5. The predicted octanol–water partition coefficient (Wildman–Crippen LogP) is 4.63. The quantitative estimate of drug-likeness (QED) is 0.371. The summed E-state index contributed by atoms with van der Waals surface area (Å²) in [7, 11) is 1.72. The van der Waals surface area contributed by atoms with Gasteiger partial charge in [0.2, 0.25) is 5.88 Å². The summed E-state index contributed by atoms with van der Waals surface area (Å²) in [5.41, 5.74) is 0.636. The van der Waals surface area contributed by atoms with Crippen molar-refractivity contribution in [2.24, 2.45) is 10.8 Å². The fraction of sp³-hybridized carbons (Fsp3) is 0.643. The van der Waals surface area contributed by atoms with Crippen molar-refractivity contribution in [3.63, 3.8) is 0 Å². The van der Waals surface area contributed by atoms with Gasteiger partial charge in [-0.05, 0) is 51.2 Å². The average molecular weight is 641 g/mol. The van der Waals surface area contributed by atoms with Gasteiger partial charge in [-0.2, -0.15) is 0 Å². The van der Waals surface area contributed by atoms with E-state index in [9.17, 15) is 14.6 Å². The first kappa shape index (κ1) is 31.9. The fourth-order valence-electron chi connectivity index (χ4n) is 6.78. The third-order valence-electron chi connectivity index (χ3n) is 8.35. The number of hydrogen-bond acceptors (Lipinski definition) is 11. The molecule has 234 valence electrons. The number of hydrogen-bond donors (Lipinski definition) is 3. The highest BCUT2D eigenvalue weighted by Gasteiger charge is 2.62.